The average Bonchev–Trinajstić information content (AvgIpc) is 2.26. The zero-order valence-corrected chi connectivity index (χ0v) is 10.4. The monoisotopic (exact) mass is 212 g/mol. The van der Waals surface area contributed by atoms with Gasteiger partial charge in [0.1, 0.15) is 0 Å². The molecule has 76 valence electrons. The van der Waals surface area contributed by atoms with Gasteiger partial charge < -0.3 is 0 Å². The minimum absolute atomic E-state index is 0.601. The normalized spacial score (nSPS) is 11.7. The van der Waals surface area contributed by atoms with Crippen LogP contribution in [0.1, 0.15) is 5.56 Å². The highest BCUT2D eigenvalue weighted by Gasteiger charge is 1.96. The van der Waals surface area contributed by atoms with Crippen molar-refractivity contribution in [2.75, 3.05) is 0 Å². The molecule has 0 fully saturated rings. The third kappa shape index (κ3) is 2.36. The molecule has 0 atom stereocenters. The standard InChI is InChI=1S/C14H16Si/c1-15(2)11-10-13-8-5-7-12-6-3-4-9-14(12)13/h3-11,15H,1-2H3. The minimum Gasteiger partial charge on any atom is -0.0976 e. The lowest BCUT2D eigenvalue weighted by atomic mass is 10.1. The van der Waals surface area contributed by atoms with Crippen molar-refractivity contribution >= 4 is 25.6 Å². The van der Waals surface area contributed by atoms with Gasteiger partial charge in [0, 0.05) is 0 Å². The van der Waals surface area contributed by atoms with E-state index in [1.807, 2.05) is 0 Å². The fourth-order valence-electron chi connectivity index (χ4n) is 1.69. The second-order valence-electron chi connectivity index (χ2n) is 4.17. The molecule has 0 aliphatic heterocycles. The Morgan fingerprint density at radius 2 is 1.67 bits per heavy atom. The third-order valence-corrected chi connectivity index (χ3v) is 3.45. The van der Waals surface area contributed by atoms with Crippen molar-refractivity contribution < 1.29 is 0 Å². The van der Waals surface area contributed by atoms with Gasteiger partial charge in [-0.15, -0.1) is 0 Å². The first-order valence-corrected chi connectivity index (χ1v) is 8.41. The van der Waals surface area contributed by atoms with Gasteiger partial charge in [-0.25, -0.2) is 0 Å². The van der Waals surface area contributed by atoms with Crippen LogP contribution in [0.4, 0.5) is 0 Å². The molecular weight excluding hydrogens is 196 g/mol. The van der Waals surface area contributed by atoms with Crippen molar-refractivity contribution in [1.29, 1.82) is 0 Å². The van der Waals surface area contributed by atoms with Gasteiger partial charge in [-0.05, 0) is 16.3 Å². The maximum Gasteiger partial charge on any atom is 0.0554 e. The molecule has 2 aromatic carbocycles. The van der Waals surface area contributed by atoms with Crippen LogP contribution >= 0.6 is 0 Å². The molecule has 0 aliphatic rings. The SMILES string of the molecule is C[SiH](C)C=Cc1cccc2ccccc12. The largest absolute Gasteiger partial charge is 0.0976 e. The summed E-state index contributed by atoms with van der Waals surface area (Å²) in [6.45, 7) is 4.67. The summed E-state index contributed by atoms with van der Waals surface area (Å²) in [5, 5.41) is 2.68. The summed E-state index contributed by atoms with van der Waals surface area (Å²) in [6, 6.07) is 15.0. The Hall–Kier alpha value is -1.34. The Kier molecular flexibility index (Phi) is 3.02. The van der Waals surface area contributed by atoms with Crippen molar-refractivity contribution in [1.82, 2.24) is 0 Å². The molecule has 0 nitrogen and oxygen atoms in total. The molecule has 15 heavy (non-hydrogen) atoms. The summed E-state index contributed by atoms with van der Waals surface area (Å²) in [5.41, 5.74) is 3.72. The van der Waals surface area contributed by atoms with Crippen LogP contribution in [0, 0.1) is 0 Å². The molecule has 2 aromatic rings. The quantitative estimate of drug-likeness (QED) is 0.663. The lowest BCUT2D eigenvalue weighted by Crippen LogP contribution is -1.92. The van der Waals surface area contributed by atoms with Crippen LogP contribution in [0.2, 0.25) is 13.1 Å². The van der Waals surface area contributed by atoms with Gasteiger partial charge in [0.05, 0.1) is 8.80 Å². The molecule has 2 rings (SSSR count). The highest BCUT2D eigenvalue weighted by molar-refractivity contribution is 6.62. The number of rotatable bonds is 2. The van der Waals surface area contributed by atoms with Crippen LogP contribution in [0.15, 0.2) is 48.2 Å². The van der Waals surface area contributed by atoms with Crippen molar-refractivity contribution in [2.24, 2.45) is 0 Å². The van der Waals surface area contributed by atoms with E-state index in [9.17, 15) is 0 Å². The van der Waals surface area contributed by atoms with Crippen molar-refractivity contribution in [3.05, 3.63) is 53.7 Å². The lowest BCUT2D eigenvalue weighted by Gasteiger charge is -2.02. The number of hydrogen-bond donors (Lipinski definition) is 0. The molecule has 0 radical (unpaired) electrons. The van der Waals surface area contributed by atoms with Gasteiger partial charge in [0.25, 0.3) is 0 Å². The first kappa shape index (κ1) is 10.2. The Bertz CT molecular complexity index is 478. The van der Waals surface area contributed by atoms with Gasteiger partial charge in [0.2, 0.25) is 0 Å². The van der Waals surface area contributed by atoms with Crippen LogP contribution in [-0.4, -0.2) is 8.80 Å². The molecule has 0 spiro atoms. The highest BCUT2D eigenvalue weighted by atomic mass is 28.3. The van der Waals surface area contributed by atoms with E-state index in [1.54, 1.807) is 0 Å². The molecule has 0 saturated carbocycles. The van der Waals surface area contributed by atoms with Gasteiger partial charge in [0.15, 0.2) is 0 Å². The van der Waals surface area contributed by atoms with Crippen LogP contribution in [0.25, 0.3) is 16.8 Å². The Labute approximate surface area is 92.9 Å². The predicted molar refractivity (Wildman–Crippen MR) is 71.9 cm³/mol. The van der Waals surface area contributed by atoms with E-state index in [1.165, 1.54) is 16.3 Å². The predicted octanol–water partition coefficient (Wildman–Crippen LogP) is 3.88. The second-order valence-corrected chi connectivity index (χ2v) is 7.04. The fraction of sp³-hybridized carbons (Fsp3) is 0.143. The Balaban J connectivity index is 2.51. The van der Waals surface area contributed by atoms with E-state index in [4.69, 9.17) is 0 Å². The van der Waals surface area contributed by atoms with Crippen LogP contribution < -0.4 is 0 Å². The number of benzene rings is 2. The molecule has 0 N–H and O–H groups in total. The minimum atomic E-state index is -0.601. The second kappa shape index (κ2) is 4.45. The molecular formula is C14H16Si. The molecule has 0 bridgehead atoms. The molecule has 1 heteroatoms. The van der Waals surface area contributed by atoms with Gasteiger partial charge >= 0.3 is 0 Å². The zero-order valence-electron chi connectivity index (χ0n) is 9.27. The smallest absolute Gasteiger partial charge is 0.0554 e. The van der Waals surface area contributed by atoms with E-state index < -0.39 is 8.80 Å². The summed E-state index contributed by atoms with van der Waals surface area (Å²) in [5.74, 6) is 0. The summed E-state index contributed by atoms with van der Waals surface area (Å²) >= 11 is 0. The van der Waals surface area contributed by atoms with Gasteiger partial charge in [-0.1, -0.05) is 67.3 Å². The van der Waals surface area contributed by atoms with E-state index >= 15 is 0 Å². The van der Waals surface area contributed by atoms with Crippen molar-refractivity contribution in [2.45, 2.75) is 13.1 Å². The number of fused-ring (bicyclic) bond motifs is 1. The van der Waals surface area contributed by atoms with Gasteiger partial charge in [-0.2, -0.15) is 0 Å². The number of hydrogen-bond acceptors (Lipinski definition) is 0. The van der Waals surface area contributed by atoms with Crippen LogP contribution in [0.3, 0.4) is 0 Å². The van der Waals surface area contributed by atoms with Gasteiger partial charge in [-0.3, -0.25) is 0 Å². The Morgan fingerprint density at radius 3 is 2.47 bits per heavy atom. The van der Waals surface area contributed by atoms with Crippen LogP contribution in [0.5, 0.6) is 0 Å². The Morgan fingerprint density at radius 1 is 0.933 bits per heavy atom. The highest BCUT2D eigenvalue weighted by Crippen LogP contribution is 2.19. The maximum absolute atomic E-state index is 2.38. The molecule has 0 unspecified atom stereocenters. The fourth-order valence-corrected chi connectivity index (χ4v) is 2.28. The zero-order chi connectivity index (χ0) is 10.7. The molecule has 0 heterocycles. The lowest BCUT2D eigenvalue weighted by molar-refractivity contribution is 1.71. The average molecular weight is 212 g/mol. The van der Waals surface area contributed by atoms with E-state index in [0.29, 0.717) is 0 Å². The van der Waals surface area contributed by atoms with Crippen molar-refractivity contribution in [3.63, 3.8) is 0 Å². The van der Waals surface area contributed by atoms with E-state index in [2.05, 4.69) is 67.3 Å². The summed E-state index contributed by atoms with van der Waals surface area (Å²) < 4.78 is 0. The topological polar surface area (TPSA) is 0 Å². The van der Waals surface area contributed by atoms with Crippen LogP contribution in [-0.2, 0) is 0 Å². The summed E-state index contributed by atoms with van der Waals surface area (Å²) in [7, 11) is -0.601. The third-order valence-electron chi connectivity index (χ3n) is 2.48. The van der Waals surface area contributed by atoms with E-state index in [-0.39, 0.29) is 0 Å². The van der Waals surface area contributed by atoms with E-state index in [0.717, 1.165) is 0 Å². The molecule has 0 saturated heterocycles. The molecule has 0 amide bonds. The maximum atomic E-state index is 2.38. The first-order chi connectivity index (χ1) is 7.27. The van der Waals surface area contributed by atoms with Crippen molar-refractivity contribution in [3.8, 4) is 0 Å². The molecule has 0 aliphatic carbocycles. The molecule has 0 aromatic heterocycles. The summed E-state index contributed by atoms with van der Waals surface area (Å²) in [6.07, 6.45) is 2.28. The summed E-state index contributed by atoms with van der Waals surface area (Å²) in [4.78, 5) is 0. The first-order valence-electron chi connectivity index (χ1n) is 5.43.